The van der Waals surface area contributed by atoms with Gasteiger partial charge in [-0.3, -0.25) is 4.57 Å². The first-order valence-electron chi connectivity index (χ1n) is 12.4. The van der Waals surface area contributed by atoms with E-state index in [2.05, 4.69) is 120 Å². The summed E-state index contributed by atoms with van der Waals surface area (Å²) < 4.78 is 2.25. The minimum atomic E-state index is 0.705. The molecular formula is C34H23N3. The molecule has 3 heteroatoms. The van der Waals surface area contributed by atoms with Crippen LogP contribution < -0.4 is 0 Å². The quantitative estimate of drug-likeness (QED) is 0.256. The number of hydrogen-bond donors (Lipinski definition) is 0. The van der Waals surface area contributed by atoms with Crippen LogP contribution in [0.2, 0.25) is 0 Å². The van der Waals surface area contributed by atoms with E-state index in [1.807, 2.05) is 24.3 Å². The van der Waals surface area contributed by atoms with E-state index < -0.39 is 0 Å². The highest BCUT2D eigenvalue weighted by atomic mass is 15.1. The lowest BCUT2D eigenvalue weighted by atomic mass is 10.0. The molecule has 2 heterocycles. The third-order valence-corrected chi connectivity index (χ3v) is 6.82. The summed E-state index contributed by atoms with van der Waals surface area (Å²) in [4.78, 5) is 10.2. The van der Waals surface area contributed by atoms with E-state index in [1.165, 1.54) is 16.3 Å². The van der Waals surface area contributed by atoms with E-state index in [9.17, 15) is 0 Å². The van der Waals surface area contributed by atoms with Crippen LogP contribution in [-0.4, -0.2) is 14.5 Å². The van der Waals surface area contributed by atoms with Gasteiger partial charge in [0.1, 0.15) is 5.82 Å². The third-order valence-electron chi connectivity index (χ3n) is 6.82. The minimum absolute atomic E-state index is 0.705. The van der Waals surface area contributed by atoms with E-state index in [0.717, 1.165) is 39.2 Å². The molecule has 37 heavy (non-hydrogen) atoms. The number of nitrogens with zero attached hydrogens (tertiary/aromatic N) is 3. The molecule has 0 fully saturated rings. The molecule has 0 spiro atoms. The fourth-order valence-corrected chi connectivity index (χ4v) is 5.07. The Hall–Kier alpha value is -5.02. The second kappa shape index (κ2) is 8.89. The highest BCUT2D eigenvalue weighted by Gasteiger charge is 2.16. The smallest absolute Gasteiger partial charge is 0.162 e. The average Bonchev–Trinajstić information content (AvgIpc) is 3.32. The lowest BCUT2D eigenvalue weighted by Gasteiger charge is -2.12. The second-order valence-electron chi connectivity index (χ2n) is 9.12. The van der Waals surface area contributed by atoms with Crippen LogP contribution in [0.1, 0.15) is 0 Å². The third kappa shape index (κ3) is 3.78. The van der Waals surface area contributed by atoms with Crippen molar-refractivity contribution in [2.45, 2.75) is 0 Å². The van der Waals surface area contributed by atoms with E-state index in [4.69, 9.17) is 9.97 Å². The number of rotatable bonds is 4. The van der Waals surface area contributed by atoms with Crippen LogP contribution in [0.3, 0.4) is 0 Å². The molecule has 0 aliphatic carbocycles. The van der Waals surface area contributed by atoms with Gasteiger partial charge in [0.15, 0.2) is 5.82 Å². The maximum Gasteiger partial charge on any atom is 0.162 e. The van der Waals surface area contributed by atoms with Crippen molar-refractivity contribution < 1.29 is 0 Å². The second-order valence-corrected chi connectivity index (χ2v) is 9.12. The molecule has 174 valence electrons. The first-order valence-corrected chi connectivity index (χ1v) is 12.4. The van der Waals surface area contributed by atoms with Crippen molar-refractivity contribution >= 4 is 21.8 Å². The van der Waals surface area contributed by atoms with Crippen LogP contribution >= 0.6 is 0 Å². The highest BCUT2D eigenvalue weighted by Crippen LogP contribution is 2.33. The normalized spacial score (nSPS) is 11.2. The highest BCUT2D eigenvalue weighted by molar-refractivity contribution is 6.09. The summed E-state index contributed by atoms with van der Waals surface area (Å²) in [7, 11) is 0. The maximum absolute atomic E-state index is 5.16. The molecule has 2 aromatic heterocycles. The van der Waals surface area contributed by atoms with Gasteiger partial charge >= 0.3 is 0 Å². The molecule has 0 saturated carbocycles. The van der Waals surface area contributed by atoms with Gasteiger partial charge < -0.3 is 0 Å². The van der Waals surface area contributed by atoms with Crippen LogP contribution in [0, 0.1) is 0 Å². The minimum Gasteiger partial charge on any atom is -0.294 e. The fraction of sp³-hybridized carbons (Fsp3) is 0. The number of fused-ring (bicyclic) bond motifs is 3. The van der Waals surface area contributed by atoms with Crippen LogP contribution in [0.5, 0.6) is 0 Å². The number of para-hydroxylation sites is 2. The van der Waals surface area contributed by atoms with Crippen LogP contribution in [0.4, 0.5) is 0 Å². The molecule has 0 saturated heterocycles. The van der Waals surface area contributed by atoms with Gasteiger partial charge in [-0.2, -0.15) is 0 Å². The van der Waals surface area contributed by atoms with Gasteiger partial charge in [0.2, 0.25) is 0 Å². The Kier molecular flexibility index (Phi) is 5.11. The fourth-order valence-electron chi connectivity index (χ4n) is 5.07. The number of benzene rings is 5. The molecular weight excluding hydrogens is 450 g/mol. The lowest BCUT2D eigenvalue weighted by molar-refractivity contribution is 1.05. The van der Waals surface area contributed by atoms with Crippen molar-refractivity contribution in [1.29, 1.82) is 0 Å². The summed E-state index contributed by atoms with van der Waals surface area (Å²) in [5.74, 6) is 1.56. The Morgan fingerprint density at radius 2 is 0.946 bits per heavy atom. The summed E-state index contributed by atoms with van der Waals surface area (Å²) in [6.45, 7) is 0. The molecule has 7 aromatic rings. The molecule has 0 aliphatic heterocycles. The van der Waals surface area contributed by atoms with Crippen LogP contribution in [0.25, 0.3) is 61.4 Å². The molecule has 0 radical (unpaired) electrons. The molecule has 5 aromatic carbocycles. The van der Waals surface area contributed by atoms with Crippen LogP contribution in [-0.2, 0) is 0 Å². The van der Waals surface area contributed by atoms with Gasteiger partial charge in [0.25, 0.3) is 0 Å². The first kappa shape index (κ1) is 21.3. The Bertz CT molecular complexity index is 1820. The van der Waals surface area contributed by atoms with E-state index in [-0.39, 0.29) is 0 Å². The Morgan fingerprint density at radius 3 is 1.62 bits per heavy atom. The zero-order valence-electron chi connectivity index (χ0n) is 20.1. The van der Waals surface area contributed by atoms with Crippen molar-refractivity contribution in [3.8, 4) is 39.6 Å². The molecule has 0 atom stereocenters. The zero-order valence-corrected chi connectivity index (χ0v) is 20.1. The standard InChI is InChI=1S/C34H23N3/c1-3-12-24(13-4-1)26-16-11-17-27(22-26)34-35-30(25-14-5-2-6-15-25)23-33(36-34)37-31-20-9-7-18-28(31)29-19-8-10-21-32(29)37/h1-23H. The molecule has 3 nitrogen and oxygen atoms in total. The van der Waals surface area contributed by atoms with Gasteiger partial charge in [0.05, 0.1) is 16.7 Å². The summed E-state index contributed by atoms with van der Waals surface area (Å²) in [5.41, 5.74) is 7.52. The SMILES string of the molecule is c1ccc(-c2cccc(-c3nc(-c4ccccc4)cc(-n4c5ccccc5c5ccccc54)n3)c2)cc1. The van der Waals surface area contributed by atoms with Gasteiger partial charge in [0, 0.05) is 28.0 Å². The topological polar surface area (TPSA) is 30.7 Å². The molecule has 0 bridgehead atoms. The summed E-state index contributed by atoms with van der Waals surface area (Å²) in [6, 6.07) is 48.4. The molecule has 0 amide bonds. The van der Waals surface area contributed by atoms with Gasteiger partial charge in [-0.05, 0) is 29.3 Å². The lowest BCUT2D eigenvalue weighted by Crippen LogP contribution is -2.02. The molecule has 0 unspecified atom stereocenters. The predicted octanol–water partition coefficient (Wildman–Crippen LogP) is 8.57. The van der Waals surface area contributed by atoms with Crippen molar-refractivity contribution in [2.75, 3.05) is 0 Å². The number of aromatic nitrogens is 3. The summed E-state index contributed by atoms with van der Waals surface area (Å²) in [6.07, 6.45) is 0. The van der Waals surface area contributed by atoms with Gasteiger partial charge in [-0.1, -0.05) is 115 Å². The largest absolute Gasteiger partial charge is 0.294 e. The predicted molar refractivity (Wildman–Crippen MR) is 153 cm³/mol. The first-order chi connectivity index (χ1) is 18.3. The van der Waals surface area contributed by atoms with Crippen molar-refractivity contribution in [3.63, 3.8) is 0 Å². The monoisotopic (exact) mass is 473 g/mol. The van der Waals surface area contributed by atoms with E-state index in [1.54, 1.807) is 0 Å². The Labute approximate surface area is 215 Å². The zero-order chi connectivity index (χ0) is 24.6. The Balaban J connectivity index is 1.49. The van der Waals surface area contributed by atoms with Crippen molar-refractivity contribution in [1.82, 2.24) is 14.5 Å². The molecule has 0 aliphatic rings. The van der Waals surface area contributed by atoms with Gasteiger partial charge in [-0.15, -0.1) is 0 Å². The van der Waals surface area contributed by atoms with Crippen molar-refractivity contribution in [3.05, 3.63) is 140 Å². The maximum atomic E-state index is 5.16. The molecule has 7 rings (SSSR count). The van der Waals surface area contributed by atoms with Gasteiger partial charge in [-0.25, -0.2) is 9.97 Å². The molecule has 0 N–H and O–H groups in total. The number of hydrogen-bond acceptors (Lipinski definition) is 2. The van der Waals surface area contributed by atoms with Crippen LogP contribution in [0.15, 0.2) is 140 Å². The summed E-state index contributed by atoms with van der Waals surface area (Å²) in [5, 5.41) is 2.43. The average molecular weight is 474 g/mol. The van der Waals surface area contributed by atoms with E-state index in [0.29, 0.717) is 5.82 Å². The Morgan fingerprint density at radius 1 is 0.405 bits per heavy atom. The summed E-state index contributed by atoms with van der Waals surface area (Å²) >= 11 is 0. The van der Waals surface area contributed by atoms with E-state index >= 15 is 0 Å². The van der Waals surface area contributed by atoms with Crippen molar-refractivity contribution in [2.24, 2.45) is 0 Å².